The van der Waals surface area contributed by atoms with Gasteiger partial charge in [-0.2, -0.15) is 0 Å². The first-order valence-electron chi connectivity index (χ1n) is 6.85. The van der Waals surface area contributed by atoms with Crippen LogP contribution < -0.4 is 0 Å². The second-order valence-corrected chi connectivity index (χ2v) is 5.35. The molecule has 1 aromatic carbocycles. The SMILES string of the molecule is CO.C[C@@H]1C=C(c2cc(F)c(F)c3cc[nH]c23)CN(C)C1. The molecule has 2 heterocycles. The Hall–Kier alpha value is -1.72. The van der Waals surface area contributed by atoms with Crippen LogP contribution >= 0.6 is 0 Å². The minimum absolute atomic E-state index is 0.316. The zero-order chi connectivity index (χ0) is 15.6. The summed E-state index contributed by atoms with van der Waals surface area (Å²) in [5.74, 6) is -1.16. The Kier molecular flexibility index (Phi) is 4.75. The molecule has 0 amide bonds. The summed E-state index contributed by atoms with van der Waals surface area (Å²) < 4.78 is 27.4. The zero-order valence-corrected chi connectivity index (χ0v) is 12.5. The van der Waals surface area contributed by atoms with E-state index in [9.17, 15) is 8.78 Å². The normalized spacial score (nSPS) is 19.1. The van der Waals surface area contributed by atoms with Crippen molar-refractivity contribution in [1.82, 2.24) is 9.88 Å². The van der Waals surface area contributed by atoms with Crippen molar-refractivity contribution in [1.29, 1.82) is 0 Å². The summed E-state index contributed by atoms with van der Waals surface area (Å²) in [4.78, 5) is 5.21. The molecule has 21 heavy (non-hydrogen) atoms. The van der Waals surface area contributed by atoms with Crippen molar-refractivity contribution in [2.75, 3.05) is 27.2 Å². The predicted molar refractivity (Wildman–Crippen MR) is 81.0 cm³/mol. The number of aromatic nitrogens is 1. The highest BCUT2D eigenvalue weighted by atomic mass is 19.2. The van der Waals surface area contributed by atoms with Gasteiger partial charge in [-0.1, -0.05) is 13.0 Å². The molecule has 2 aromatic rings. The van der Waals surface area contributed by atoms with Crippen molar-refractivity contribution in [3.63, 3.8) is 0 Å². The van der Waals surface area contributed by atoms with E-state index in [0.717, 1.165) is 31.3 Å². The summed E-state index contributed by atoms with van der Waals surface area (Å²) in [5.41, 5.74) is 2.48. The lowest BCUT2D eigenvalue weighted by atomic mass is 9.95. The van der Waals surface area contributed by atoms with Crippen LogP contribution in [0.15, 0.2) is 24.4 Å². The molecule has 1 aromatic heterocycles. The summed E-state index contributed by atoms with van der Waals surface area (Å²) in [7, 11) is 3.04. The smallest absolute Gasteiger partial charge is 0.168 e. The van der Waals surface area contributed by atoms with Crippen LogP contribution in [0.4, 0.5) is 8.78 Å². The fourth-order valence-electron chi connectivity index (χ4n) is 2.89. The summed E-state index contributed by atoms with van der Waals surface area (Å²) in [6.07, 6.45) is 3.79. The van der Waals surface area contributed by atoms with Gasteiger partial charge in [-0.3, -0.25) is 0 Å². The molecule has 114 valence electrons. The average molecular weight is 294 g/mol. The number of hydrogen-bond acceptors (Lipinski definition) is 2. The first-order valence-corrected chi connectivity index (χ1v) is 6.85. The number of aliphatic hydroxyl groups excluding tert-OH is 1. The molecule has 0 saturated heterocycles. The molecule has 2 N–H and O–H groups in total. The van der Waals surface area contributed by atoms with E-state index in [4.69, 9.17) is 5.11 Å². The Morgan fingerprint density at radius 3 is 2.71 bits per heavy atom. The number of halogens is 2. The van der Waals surface area contributed by atoms with Crippen LogP contribution in [-0.2, 0) is 0 Å². The van der Waals surface area contributed by atoms with Gasteiger partial charge in [0, 0.05) is 37.3 Å². The number of hydrogen-bond donors (Lipinski definition) is 2. The first-order chi connectivity index (χ1) is 10.1. The Labute approximate surface area is 122 Å². The maximum Gasteiger partial charge on any atom is 0.168 e. The average Bonchev–Trinajstić information content (AvgIpc) is 2.93. The number of benzene rings is 1. The fourth-order valence-corrected chi connectivity index (χ4v) is 2.89. The highest BCUT2D eigenvalue weighted by molar-refractivity contribution is 5.92. The van der Waals surface area contributed by atoms with Gasteiger partial charge in [-0.15, -0.1) is 0 Å². The molecule has 0 unspecified atom stereocenters. The highest BCUT2D eigenvalue weighted by Crippen LogP contribution is 2.31. The standard InChI is InChI=1S/C15H16F2N2.CH4O/c1-9-5-10(8-19(2)7-9)12-6-13(16)14(17)11-3-4-18-15(11)12;1-2/h3-6,9,18H,7-8H2,1-2H3;2H,1H3/t9-;/m1./s1. The van der Waals surface area contributed by atoms with Crippen molar-refractivity contribution in [2.24, 2.45) is 5.92 Å². The lowest BCUT2D eigenvalue weighted by molar-refractivity contribution is 0.330. The van der Waals surface area contributed by atoms with E-state index in [1.807, 2.05) is 7.05 Å². The Morgan fingerprint density at radius 2 is 2.05 bits per heavy atom. The second-order valence-electron chi connectivity index (χ2n) is 5.35. The van der Waals surface area contributed by atoms with Crippen LogP contribution in [0.2, 0.25) is 0 Å². The molecule has 0 aliphatic carbocycles. The third-order valence-corrected chi connectivity index (χ3v) is 3.61. The van der Waals surface area contributed by atoms with Crippen molar-refractivity contribution >= 4 is 16.5 Å². The number of aliphatic hydroxyl groups is 1. The van der Waals surface area contributed by atoms with Gasteiger partial charge in [0.15, 0.2) is 11.6 Å². The molecule has 1 atom stereocenters. The Balaban J connectivity index is 0.000000774. The molecule has 0 fully saturated rings. The molecule has 5 heteroatoms. The molecule has 1 aliphatic heterocycles. The minimum atomic E-state index is -0.788. The van der Waals surface area contributed by atoms with E-state index >= 15 is 0 Å². The number of rotatable bonds is 1. The zero-order valence-electron chi connectivity index (χ0n) is 12.5. The van der Waals surface area contributed by atoms with Crippen LogP contribution in [-0.4, -0.2) is 42.2 Å². The lowest BCUT2D eigenvalue weighted by Crippen LogP contribution is -2.29. The summed E-state index contributed by atoms with van der Waals surface area (Å²) in [6.45, 7) is 3.87. The third-order valence-electron chi connectivity index (χ3n) is 3.61. The van der Waals surface area contributed by atoms with Crippen LogP contribution in [0, 0.1) is 17.6 Å². The quantitative estimate of drug-likeness (QED) is 0.848. The molecule has 0 saturated carbocycles. The van der Waals surface area contributed by atoms with Gasteiger partial charge in [0.25, 0.3) is 0 Å². The summed E-state index contributed by atoms with van der Waals surface area (Å²) >= 11 is 0. The number of likely N-dealkylation sites (N-methyl/N-ethyl adjacent to an activating group) is 1. The lowest BCUT2D eigenvalue weighted by Gasteiger charge is -2.27. The molecule has 0 spiro atoms. The van der Waals surface area contributed by atoms with Gasteiger partial charge in [-0.05, 0) is 30.7 Å². The van der Waals surface area contributed by atoms with E-state index in [1.165, 1.54) is 6.07 Å². The molecule has 3 rings (SSSR count). The third kappa shape index (κ3) is 2.99. The highest BCUT2D eigenvalue weighted by Gasteiger charge is 2.20. The van der Waals surface area contributed by atoms with Gasteiger partial charge >= 0.3 is 0 Å². The predicted octanol–water partition coefficient (Wildman–Crippen LogP) is 3.02. The molecule has 0 radical (unpaired) electrons. The Bertz CT molecular complexity index is 664. The van der Waals surface area contributed by atoms with Gasteiger partial charge in [0.2, 0.25) is 0 Å². The van der Waals surface area contributed by atoms with Crippen molar-refractivity contribution in [3.05, 3.63) is 41.6 Å². The maximum atomic E-state index is 13.7. The van der Waals surface area contributed by atoms with E-state index in [2.05, 4.69) is 22.9 Å². The fraction of sp³-hybridized carbons (Fsp3) is 0.375. The monoisotopic (exact) mass is 294 g/mol. The van der Waals surface area contributed by atoms with E-state index in [1.54, 1.807) is 12.3 Å². The van der Waals surface area contributed by atoms with Crippen molar-refractivity contribution in [3.8, 4) is 0 Å². The maximum absolute atomic E-state index is 13.7. The van der Waals surface area contributed by atoms with Gasteiger partial charge in [0.05, 0.1) is 5.52 Å². The van der Waals surface area contributed by atoms with Gasteiger partial charge in [0.1, 0.15) is 0 Å². The molecular weight excluding hydrogens is 274 g/mol. The number of H-pyrrole nitrogens is 1. The van der Waals surface area contributed by atoms with Crippen LogP contribution in [0.1, 0.15) is 12.5 Å². The van der Waals surface area contributed by atoms with Crippen molar-refractivity contribution in [2.45, 2.75) is 6.92 Å². The molecule has 1 aliphatic rings. The minimum Gasteiger partial charge on any atom is -0.400 e. The van der Waals surface area contributed by atoms with Crippen LogP contribution in [0.3, 0.4) is 0 Å². The molecule has 3 nitrogen and oxygen atoms in total. The number of nitrogens with one attached hydrogen (secondary N) is 1. The van der Waals surface area contributed by atoms with E-state index in [0.29, 0.717) is 16.8 Å². The van der Waals surface area contributed by atoms with Gasteiger partial charge < -0.3 is 15.0 Å². The Morgan fingerprint density at radius 1 is 1.33 bits per heavy atom. The topological polar surface area (TPSA) is 39.3 Å². The number of nitrogens with zero attached hydrogens (tertiary/aromatic N) is 1. The van der Waals surface area contributed by atoms with E-state index in [-0.39, 0.29) is 0 Å². The number of fused-ring (bicyclic) bond motifs is 1. The molecule has 0 bridgehead atoms. The molecular formula is C16H20F2N2O. The van der Waals surface area contributed by atoms with Crippen molar-refractivity contribution < 1.29 is 13.9 Å². The summed E-state index contributed by atoms with van der Waals surface area (Å²) in [5, 5.41) is 7.32. The second kappa shape index (κ2) is 6.37. The van der Waals surface area contributed by atoms with Crippen LogP contribution in [0.5, 0.6) is 0 Å². The first kappa shape index (κ1) is 15.7. The summed E-state index contributed by atoms with van der Waals surface area (Å²) in [6, 6.07) is 2.87. The van der Waals surface area contributed by atoms with E-state index < -0.39 is 11.6 Å². The van der Waals surface area contributed by atoms with Crippen LogP contribution in [0.25, 0.3) is 16.5 Å². The largest absolute Gasteiger partial charge is 0.400 e. The number of aromatic amines is 1. The van der Waals surface area contributed by atoms with Gasteiger partial charge in [-0.25, -0.2) is 8.78 Å².